The highest BCUT2D eigenvalue weighted by atomic mass is 16.7. The quantitative estimate of drug-likeness (QED) is 0.792. The van der Waals surface area contributed by atoms with Crippen molar-refractivity contribution in [2.45, 2.75) is 5.79 Å². The van der Waals surface area contributed by atoms with Crippen LogP contribution in [0.25, 0.3) is 0 Å². The van der Waals surface area contributed by atoms with Gasteiger partial charge >= 0.3 is 5.97 Å². The molecule has 5 heteroatoms. The maximum absolute atomic E-state index is 11.0. The number of esters is 1. The Kier molecular flexibility index (Phi) is 2.77. The molecule has 1 unspecified atom stereocenters. The number of methoxy groups -OCH3 is 2. The maximum atomic E-state index is 11.0. The predicted octanol–water partition coefficient (Wildman–Crippen LogP) is 0.962. The molecule has 1 aromatic rings. The zero-order valence-electron chi connectivity index (χ0n) is 9.47. The van der Waals surface area contributed by atoms with Crippen molar-refractivity contribution in [3.63, 3.8) is 0 Å². The molecule has 0 saturated heterocycles. The van der Waals surface area contributed by atoms with E-state index in [2.05, 4.69) is 0 Å². The third kappa shape index (κ3) is 1.97. The van der Waals surface area contributed by atoms with Crippen LogP contribution >= 0.6 is 0 Å². The molecule has 0 bridgehead atoms. The van der Waals surface area contributed by atoms with Crippen molar-refractivity contribution in [3.8, 4) is 11.5 Å². The van der Waals surface area contributed by atoms with E-state index in [1.54, 1.807) is 18.2 Å². The van der Waals surface area contributed by atoms with Crippen molar-refractivity contribution < 1.29 is 24.1 Å². The molecule has 0 fully saturated rings. The molecule has 17 heavy (non-hydrogen) atoms. The Bertz CT molecular complexity index is 480. The van der Waals surface area contributed by atoms with Gasteiger partial charge in [0.25, 0.3) is 5.79 Å². The molecule has 0 radical (unpaired) electrons. The minimum Gasteiger partial charge on any atom is -0.493 e. The number of benzene rings is 1. The van der Waals surface area contributed by atoms with Crippen LogP contribution in [0.3, 0.4) is 0 Å². The molecule has 1 atom stereocenters. The van der Waals surface area contributed by atoms with Gasteiger partial charge in [0.1, 0.15) is 0 Å². The standard InChI is InChI=1S/C12H12O5/c1-15-9-4-3-8(7-10(9)16-2)12(14)6-5-11(13)17-12/h3-7,14H,1-2H3. The molecule has 5 nitrogen and oxygen atoms in total. The van der Waals surface area contributed by atoms with Crippen LogP contribution in [-0.2, 0) is 15.3 Å². The van der Waals surface area contributed by atoms with Gasteiger partial charge in [-0.1, -0.05) is 0 Å². The summed E-state index contributed by atoms with van der Waals surface area (Å²) in [6.07, 6.45) is 2.47. The molecule has 1 aliphatic rings. The summed E-state index contributed by atoms with van der Waals surface area (Å²) in [5, 5.41) is 10.1. The summed E-state index contributed by atoms with van der Waals surface area (Å²) in [5.41, 5.74) is 0.400. The zero-order valence-corrected chi connectivity index (χ0v) is 9.47. The van der Waals surface area contributed by atoms with E-state index in [0.717, 1.165) is 0 Å². The van der Waals surface area contributed by atoms with Crippen molar-refractivity contribution in [2.75, 3.05) is 14.2 Å². The monoisotopic (exact) mass is 236 g/mol. The lowest BCUT2D eigenvalue weighted by molar-refractivity contribution is -0.181. The second kappa shape index (κ2) is 4.10. The van der Waals surface area contributed by atoms with Crippen molar-refractivity contribution in [1.82, 2.24) is 0 Å². The van der Waals surface area contributed by atoms with Gasteiger partial charge in [-0.2, -0.15) is 0 Å². The van der Waals surface area contributed by atoms with E-state index in [-0.39, 0.29) is 0 Å². The number of hydrogen-bond acceptors (Lipinski definition) is 5. The lowest BCUT2D eigenvalue weighted by Crippen LogP contribution is -2.24. The Morgan fingerprint density at radius 2 is 1.94 bits per heavy atom. The Morgan fingerprint density at radius 3 is 2.47 bits per heavy atom. The molecular formula is C12H12O5. The van der Waals surface area contributed by atoms with Gasteiger partial charge in [-0.05, 0) is 24.3 Å². The van der Waals surface area contributed by atoms with Gasteiger partial charge in [0.15, 0.2) is 11.5 Å². The average Bonchev–Trinajstić information content (AvgIpc) is 2.69. The molecule has 1 aliphatic heterocycles. The van der Waals surface area contributed by atoms with Crippen LogP contribution in [0.1, 0.15) is 5.56 Å². The number of aliphatic hydroxyl groups is 1. The summed E-state index contributed by atoms with van der Waals surface area (Å²) in [4.78, 5) is 11.0. The molecule has 1 N–H and O–H groups in total. The Labute approximate surface area is 98.2 Å². The predicted molar refractivity (Wildman–Crippen MR) is 58.7 cm³/mol. The third-order valence-corrected chi connectivity index (χ3v) is 2.50. The van der Waals surface area contributed by atoms with E-state index < -0.39 is 11.8 Å². The molecule has 90 valence electrons. The molecule has 1 aromatic carbocycles. The van der Waals surface area contributed by atoms with Gasteiger partial charge in [-0.15, -0.1) is 0 Å². The Hall–Kier alpha value is -2.01. The van der Waals surface area contributed by atoms with Crippen molar-refractivity contribution in [2.24, 2.45) is 0 Å². The fraction of sp³-hybridized carbons (Fsp3) is 0.250. The van der Waals surface area contributed by atoms with E-state index >= 15 is 0 Å². The van der Waals surface area contributed by atoms with Crippen molar-refractivity contribution in [1.29, 1.82) is 0 Å². The van der Waals surface area contributed by atoms with Crippen molar-refractivity contribution >= 4 is 5.97 Å². The highest BCUT2D eigenvalue weighted by Gasteiger charge is 2.35. The summed E-state index contributed by atoms with van der Waals surface area (Å²) in [7, 11) is 3.00. The van der Waals surface area contributed by atoms with E-state index in [4.69, 9.17) is 14.2 Å². The van der Waals surface area contributed by atoms with Crippen LogP contribution < -0.4 is 9.47 Å². The lowest BCUT2D eigenvalue weighted by atomic mass is 10.1. The summed E-state index contributed by atoms with van der Waals surface area (Å²) < 4.78 is 15.0. The summed E-state index contributed by atoms with van der Waals surface area (Å²) in [6.45, 7) is 0. The van der Waals surface area contributed by atoms with Gasteiger partial charge in [0.05, 0.1) is 14.2 Å². The molecule has 1 heterocycles. The van der Waals surface area contributed by atoms with Gasteiger partial charge in [-0.3, -0.25) is 0 Å². The maximum Gasteiger partial charge on any atom is 0.333 e. The fourth-order valence-corrected chi connectivity index (χ4v) is 1.62. The summed E-state index contributed by atoms with van der Waals surface area (Å²) in [6, 6.07) is 4.79. The van der Waals surface area contributed by atoms with E-state index in [9.17, 15) is 9.90 Å². The molecule has 0 aliphatic carbocycles. The van der Waals surface area contributed by atoms with Crippen LogP contribution in [0.5, 0.6) is 11.5 Å². The summed E-state index contributed by atoms with van der Waals surface area (Å²) >= 11 is 0. The normalized spacial score (nSPS) is 22.4. The zero-order chi connectivity index (χ0) is 12.5. The number of carbonyl (C=O) groups is 1. The van der Waals surface area contributed by atoms with E-state index in [1.165, 1.54) is 26.4 Å². The smallest absolute Gasteiger partial charge is 0.333 e. The third-order valence-electron chi connectivity index (χ3n) is 2.50. The van der Waals surface area contributed by atoms with Gasteiger partial charge in [-0.25, -0.2) is 4.79 Å². The van der Waals surface area contributed by atoms with Crippen LogP contribution in [0.15, 0.2) is 30.4 Å². The topological polar surface area (TPSA) is 65.0 Å². The minimum absolute atomic E-state index is 0.400. The second-order valence-corrected chi connectivity index (χ2v) is 3.52. The van der Waals surface area contributed by atoms with Gasteiger partial charge in [0, 0.05) is 11.6 Å². The molecule has 0 spiro atoms. The first-order chi connectivity index (χ1) is 8.09. The minimum atomic E-state index is -1.73. The molecule has 2 rings (SSSR count). The highest BCUT2D eigenvalue weighted by Crippen LogP contribution is 2.35. The second-order valence-electron chi connectivity index (χ2n) is 3.52. The van der Waals surface area contributed by atoms with Crippen LogP contribution in [-0.4, -0.2) is 25.3 Å². The summed E-state index contributed by atoms with van der Waals surface area (Å²) in [5.74, 6) is -1.32. The van der Waals surface area contributed by atoms with Gasteiger partial charge < -0.3 is 19.3 Å². The highest BCUT2D eigenvalue weighted by molar-refractivity contribution is 5.85. The number of carbonyl (C=O) groups excluding carboxylic acids is 1. The van der Waals surface area contributed by atoms with Crippen LogP contribution in [0.2, 0.25) is 0 Å². The molecule has 0 amide bonds. The van der Waals surface area contributed by atoms with Crippen molar-refractivity contribution in [3.05, 3.63) is 35.9 Å². The average molecular weight is 236 g/mol. The molecule has 0 aromatic heterocycles. The van der Waals surface area contributed by atoms with Crippen LogP contribution in [0, 0.1) is 0 Å². The number of cyclic esters (lactones) is 1. The molecular weight excluding hydrogens is 224 g/mol. The lowest BCUT2D eigenvalue weighted by Gasteiger charge is -2.21. The van der Waals surface area contributed by atoms with E-state index in [0.29, 0.717) is 17.1 Å². The van der Waals surface area contributed by atoms with Gasteiger partial charge in [0.2, 0.25) is 0 Å². The largest absolute Gasteiger partial charge is 0.493 e. The SMILES string of the molecule is COc1ccc(C2(O)C=CC(=O)O2)cc1OC. The number of hydrogen-bond donors (Lipinski definition) is 1. The first-order valence-corrected chi connectivity index (χ1v) is 4.96. The van der Waals surface area contributed by atoms with E-state index in [1.807, 2.05) is 0 Å². The Morgan fingerprint density at radius 1 is 1.24 bits per heavy atom. The fourth-order valence-electron chi connectivity index (χ4n) is 1.62. The Balaban J connectivity index is 2.40. The molecule has 0 saturated carbocycles. The first kappa shape index (κ1) is 11.5. The number of rotatable bonds is 3. The van der Waals surface area contributed by atoms with Crippen LogP contribution in [0.4, 0.5) is 0 Å². The first-order valence-electron chi connectivity index (χ1n) is 4.96. The number of ether oxygens (including phenoxy) is 3.